The minimum absolute atomic E-state index is 0.955. The van der Waals surface area contributed by atoms with Crippen molar-refractivity contribution in [3.8, 4) is 0 Å². The summed E-state index contributed by atoms with van der Waals surface area (Å²) in [5.41, 5.74) is 0. The summed E-state index contributed by atoms with van der Waals surface area (Å²) in [5, 5.41) is 6.08. The van der Waals surface area contributed by atoms with Crippen LogP contribution in [0.1, 0.15) is 58.3 Å². The maximum absolute atomic E-state index is 3.67. The minimum atomic E-state index is 0.955. The molecule has 0 spiro atoms. The Hall–Kier alpha value is -0.340. The van der Waals surface area contributed by atoms with Crippen molar-refractivity contribution in [3.63, 3.8) is 0 Å². The van der Waals surface area contributed by atoms with Gasteiger partial charge in [0.25, 0.3) is 0 Å². The predicted molar refractivity (Wildman–Crippen MR) is 80.7 cm³/mol. The molecule has 0 aromatic rings. The Morgan fingerprint density at radius 2 is 1.35 bits per heavy atom. The van der Waals surface area contributed by atoms with E-state index >= 15 is 0 Å². The van der Waals surface area contributed by atoms with E-state index in [2.05, 4.69) is 24.1 Å². The third-order valence-electron chi connectivity index (χ3n) is 2.50. The van der Waals surface area contributed by atoms with Gasteiger partial charge in [0, 0.05) is 6.54 Å². The zero-order chi connectivity index (χ0) is 13.2. The molecule has 0 aromatic carbocycles. The van der Waals surface area contributed by atoms with Crippen LogP contribution in [0.5, 0.6) is 0 Å². The Balaban J connectivity index is 0. The van der Waals surface area contributed by atoms with Crippen molar-refractivity contribution in [1.29, 1.82) is 0 Å². The number of unbranched alkanes of at least 4 members (excludes halogenated alkanes) is 7. The molecule has 0 aliphatic rings. The summed E-state index contributed by atoms with van der Waals surface area (Å²) >= 11 is 0. The van der Waals surface area contributed by atoms with E-state index < -0.39 is 0 Å². The van der Waals surface area contributed by atoms with Gasteiger partial charge in [0.2, 0.25) is 0 Å². The first-order valence-electron chi connectivity index (χ1n) is 7.23. The fourth-order valence-electron chi connectivity index (χ4n) is 1.59. The highest BCUT2D eigenvalue weighted by Crippen LogP contribution is 2.07. The van der Waals surface area contributed by atoms with Crippen LogP contribution in [0.15, 0.2) is 12.7 Å². The lowest BCUT2D eigenvalue weighted by Crippen LogP contribution is -2.14. The predicted octanol–water partition coefficient (Wildman–Crippen LogP) is 3.74. The topological polar surface area (TPSA) is 24.1 Å². The summed E-state index contributed by atoms with van der Waals surface area (Å²) in [7, 11) is 3.75. The zero-order valence-corrected chi connectivity index (χ0v) is 12.4. The van der Waals surface area contributed by atoms with Crippen LogP contribution in [0.3, 0.4) is 0 Å². The molecule has 104 valence electrons. The van der Waals surface area contributed by atoms with Gasteiger partial charge >= 0.3 is 0 Å². The lowest BCUT2D eigenvalue weighted by molar-refractivity contribution is 0.563. The Kier molecular flexibility index (Phi) is 23.5. The van der Waals surface area contributed by atoms with Crippen molar-refractivity contribution < 1.29 is 0 Å². The van der Waals surface area contributed by atoms with Gasteiger partial charge in [-0.2, -0.15) is 0 Å². The molecular formula is C15H34N2. The van der Waals surface area contributed by atoms with Gasteiger partial charge < -0.3 is 10.6 Å². The van der Waals surface area contributed by atoms with Crippen LogP contribution >= 0.6 is 0 Å². The van der Waals surface area contributed by atoms with Gasteiger partial charge in [-0.25, -0.2) is 0 Å². The fourth-order valence-corrected chi connectivity index (χ4v) is 1.59. The van der Waals surface area contributed by atoms with E-state index in [9.17, 15) is 0 Å². The fraction of sp³-hybridized carbons (Fsp3) is 0.867. The van der Waals surface area contributed by atoms with Crippen molar-refractivity contribution in [2.45, 2.75) is 58.3 Å². The number of nitrogens with one attached hydrogen (secondary N) is 2. The highest BCUT2D eigenvalue weighted by molar-refractivity contribution is 4.69. The van der Waals surface area contributed by atoms with E-state index in [0.29, 0.717) is 0 Å². The van der Waals surface area contributed by atoms with Gasteiger partial charge in [-0.05, 0) is 27.1 Å². The summed E-state index contributed by atoms with van der Waals surface area (Å²) in [4.78, 5) is 0. The van der Waals surface area contributed by atoms with Gasteiger partial charge in [0.15, 0.2) is 0 Å². The standard InChI is InChI=1S/C13H27N.C2H7N/c1-3-5-6-7-8-9-10-11-13-14-12-4-2;1-3-2/h4,14H,2-3,5-13H2,1H3;3H,1-2H3. The van der Waals surface area contributed by atoms with Crippen LogP contribution in [-0.2, 0) is 0 Å². The second-order valence-corrected chi connectivity index (χ2v) is 4.47. The molecule has 0 bridgehead atoms. The first-order chi connectivity index (χ1) is 8.33. The van der Waals surface area contributed by atoms with E-state index in [1.54, 1.807) is 0 Å². The molecule has 2 nitrogen and oxygen atoms in total. The van der Waals surface area contributed by atoms with E-state index in [-0.39, 0.29) is 0 Å². The molecule has 0 aromatic heterocycles. The van der Waals surface area contributed by atoms with E-state index in [1.807, 2.05) is 20.2 Å². The third kappa shape index (κ3) is 25.7. The van der Waals surface area contributed by atoms with E-state index in [4.69, 9.17) is 0 Å². The van der Waals surface area contributed by atoms with Crippen LogP contribution in [0, 0.1) is 0 Å². The zero-order valence-electron chi connectivity index (χ0n) is 12.4. The van der Waals surface area contributed by atoms with Crippen LogP contribution in [0.4, 0.5) is 0 Å². The normalized spacial score (nSPS) is 9.59. The van der Waals surface area contributed by atoms with Crippen molar-refractivity contribution in [1.82, 2.24) is 10.6 Å². The SMILES string of the molecule is C=CCNCCCCCCCCCC.CNC. The molecule has 0 saturated heterocycles. The molecule has 0 amide bonds. The van der Waals surface area contributed by atoms with Crippen LogP contribution in [0.25, 0.3) is 0 Å². The quantitative estimate of drug-likeness (QED) is 0.426. The first kappa shape index (κ1) is 19.0. The molecule has 0 rings (SSSR count). The first-order valence-corrected chi connectivity index (χ1v) is 7.23. The molecule has 17 heavy (non-hydrogen) atoms. The molecule has 0 fully saturated rings. The van der Waals surface area contributed by atoms with Crippen LogP contribution in [0.2, 0.25) is 0 Å². The largest absolute Gasteiger partial charge is 0.323 e. The van der Waals surface area contributed by atoms with Crippen molar-refractivity contribution >= 4 is 0 Å². The van der Waals surface area contributed by atoms with E-state index in [0.717, 1.165) is 13.1 Å². The third-order valence-corrected chi connectivity index (χ3v) is 2.50. The molecule has 0 heterocycles. The van der Waals surface area contributed by atoms with Crippen molar-refractivity contribution in [2.24, 2.45) is 0 Å². The average Bonchev–Trinajstić information content (AvgIpc) is 2.33. The molecule has 0 aliphatic carbocycles. The van der Waals surface area contributed by atoms with Crippen LogP contribution < -0.4 is 10.6 Å². The minimum Gasteiger partial charge on any atom is -0.323 e. The Bertz CT molecular complexity index is 124. The van der Waals surface area contributed by atoms with Crippen molar-refractivity contribution in [3.05, 3.63) is 12.7 Å². The summed E-state index contributed by atoms with van der Waals surface area (Å²) in [5.74, 6) is 0. The molecule has 0 aliphatic heterocycles. The van der Waals surface area contributed by atoms with Gasteiger partial charge in [-0.15, -0.1) is 6.58 Å². The molecular weight excluding hydrogens is 208 g/mol. The summed E-state index contributed by atoms with van der Waals surface area (Å²) in [6.45, 7) is 8.05. The molecule has 0 saturated carbocycles. The molecule has 2 heteroatoms. The Morgan fingerprint density at radius 3 is 1.82 bits per heavy atom. The van der Waals surface area contributed by atoms with Gasteiger partial charge in [0.05, 0.1) is 0 Å². The summed E-state index contributed by atoms with van der Waals surface area (Å²) in [6.07, 6.45) is 13.1. The molecule has 0 atom stereocenters. The highest BCUT2D eigenvalue weighted by atomic mass is 14.8. The molecule has 2 N–H and O–H groups in total. The van der Waals surface area contributed by atoms with Crippen molar-refractivity contribution in [2.75, 3.05) is 27.2 Å². The molecule has 0 radical (unpaired) electrons. The second kappa shape index (κ2) is 21.0. The summed E-state index contributed by atoms with van der Waals surface area (Å²) < 4.78 is 0. The number of hydrogen-bond acceptors (Lipinski definition) is 2. The molecule has 0 unspecified atom stereocenters. The maximum Gasteiger partial charge on any atom is 0.0132 e. The lowest BCUT2D eigenvalue weighted by Gasteiger charge is -2.02. The smallest absolute Gasteiger partial charge is 0.0132 e. The van der Waals surface area contributed by atoms with E-state index in [1.165, 1.54) is 51.4 Å². The van der Waals surface area contributed by atoms with Crippen LogP contribution in [-0.4, -0.2) is 27.2 Å². The van der Waals surface area contributed by atoms with Gasteiger partial charge in [-0.1, -0.05) is 57.9 Å². The van der Waals surface area contributed by atoms with Gasteiger partial charge in [0.1, 0.15) is 0 Å². The highest BCUT2D eigenvalue weighted by Gasteiger charge is 1.90. The Morgan fingerprint density at radius 1 is 0.882 bits per heavy atom. The Labute approximate surface area is 109 Å². The average molecular weight is 242 g/mol. The van der Waals surface area contributed by atoms with Gasteiger partial charge in [-0.3, -0.25) is 0 Å². The lowest BCUT2D eigenvalue weighted by atomic mass is 10.1. The number of rotatable bonds is 11. The number of hydrogen-bond donors (Lipinski definition) is 2. The summed E-state index contributed by atoms with van der Waals surface area (Å²) in [6, 6.07) is 0. The monoisotopic (exact) mass is 242 g/mol. The maximum atomic E-state index is 3.67. The second-order valence-electron chi connectivity index (χ2n) is 4.47.